The molecule has 2 heterocycles. The molecule has 0 aliphatic carbocycles. The van der Waals surface area contributed by atoms with Gasteiger partial charge in [0.1, 0.15) is 5.57 Å². The van der Waals surface area contributed by atoms with E-state index in [4.69, 9.17) is 0 Å². The zero-order valence-corrected chi connectivity index (χ0v) is 18.9. The molecule has 1 fully saturated rings. The third kappa shape index (κ3) is 3.85. The second-order valence-corrected chi connectivity index (χ2v) is 8.02. The van der Waals surface area contributed by atoms with Crippen molar-refractivity contribution in [2.24, 2.45) is 0 Å². The van der Waals surface area contributed by atoms with Crippen molar-refractivity contribution in [2.75, 3.05) is 4.90 Å². The molecule has 172 valence electrons. The van der Waals surface area contributed by atoms with E-state index in [0.717, 1.165) is 10.5 Å². The van der Waals surface area contributed by atoms with Gasteiger partial charge < -0.3 is 0 Å². The van der Waals surface area contributed by atoms with Gasteiger partial charge in [-0.1, -0.05) is 23.8 Å². The Labute approximate surface area is 194 Å². The Balaban J connectivity index is 1.78. The molecule has 0 radical (unpaired) electrons. The number of hydrogen-bond donors (Lipinski definition) is 1. The summed E-state index contributed by atoms with van der Waals surface area (Å²) in [4.78, 5) is 50.0. The molecule has 10 nitrogen and oxygen atoms in total. The molecule has 4 rings (SSSR count). The average Bonchev–Trinajstić information content (AvgIpc) is 3.06. The van der Waals surface area contributed by atoms with E-state index < -0.39 is 22.8 Å². The highest BCUT2D eigenvalue weighted by molar-refractivity contribution is 6.39. The largest absolute Gasteiger partial charge is 0.335 e. The summed E-state index contributed by atoms with van der Waals surface area (Å²) < 4.78 is 1.51. The summed E-state index contributed by atoms with van der Waals surface area (Å²) in [7, 11) is 0. The van der Waals surface area contributed by atoms with Crippen molar-refractivity contribution in [1.29, 1.82) is 0 Å². The summed E-state index contributed by atoms with van der Waals surface area (Å²) in [6.07, 6.45) is 1.39. The lowest BCUT2D eigenvalue weighted by Crippen LogP contribution is -2.54. The van der Waals surface area contributed by atoms with E-state index in [1.54, 1.807) is 45.0 Å². The minimum Gasteiger partial charge on any atom is -0.273 e. The Morgan fingerprint density at radius 1 is 1.03 bits per heavy atom. The lowest BCUT2D eigenvalue weighted by molar-refractivity contribution is -0.384. The standard InChI is InChI=1S/C24H21N5O5/c1-13-8-9-21(14(2)10-13)27-23(31)20(22(30)25-24(27)32)12-19-15(3)26-28(16(19)4)17-6-5-7-18(11-17)29(33)34/h5-12H,1-4H3,(H,25,30,32)/b20-12+. The summed E-state index contributed by atoms with van der Waals surface area (Å²) in [6.45, 7) is 7.10. The number of anilines is 1. The molecule has 4 amide bonds. The molecular weight excluding hydrogens is 438 g/mol. The SMILES string of the molecule is Cc1ccc(N2C(=O)NC(=O)/C(=C\c3c(C)nn(-c4cccc([N+](=O)[O-])c4)c3C)C2=O)c(C)c1. The van der Waals surface area contributed by atoms with E-state index in [9.17, 15) is 24.5 Å². The highest BCUT2D eigenvalue weighted by Crippen LogP contribution is 2.28. The smallest absolute Gasteiger partial charge is 0.273 e. The lowest BCUT2D eigenvalue weighted by Gasteiger charge is -2.27. The molecule has 0 bridgehead atoms. The van der Waals surface area contributed by atoms with Gasteiger partial charge in [0.25, 0.3) is 17.5 Å². The van der Waals surface area contributed by atoms with Gasteiger partial charge in [0, 0.05) is 23.4 Å². The Morgan fingerprint density at radius 3 is 2.44 bits per heavy atom. The van der Waals surface area contributed by atoms with Gasteiger partial charge >= 0.3 is 6.03 Å². The highest BCUT2D eigenvalue weighted by atomic mass is 16.6. The van der Waals surface area contributed by atoms with E-state index in [1.807, 2.05) is 13.0 Å². The topological polar surface area (TPSA) is 127 Å². The molecule has 1 N–H and O–H groups in total. The van der Waals surface area contributed by atoms with E-state index >= 15 is 0 Å². The van der Waals surface area contributed by atoms with Gasteiger partial charge in [-0.3, -0.25) is 25.0 Å². The minimum absolute atomic E-state index is 0.0885. The maximum Gasteiger partial charge on any atom is 0.335 e. The number of nitrogens with zero attached hydrogens (tertiary/aromatic N) is 4. The minimum atomic E-state index is -0.820. The summed E-state index contributed by atoms with van der Waals surface area (Å²) in [5, 5.41) is 17.8. The van der Waals surface area contributed by atoms with Gasteiger partial charge in [-0.2, -0.15) is 5.10 Å². The molecule has 2 aromatic carbocycles. The Kier molecular flexibility index (Phi) is 5.58. The zero-order valence-electron chi connectivity index (χ0n) is 18.9. The van der Waals surface area contributed by atoms with E-state index in [2.05, 4.69) is 10.4 Å². The molecule has 34 heavy (non-hydrogen) atoms. The van der Waals surface area contributed by atoms with Crippen molar-refractivity contribution in [3.05, 3.63) is 86.2 Å². The molecule has 3 aromatic rings. The highest BCUT2D eigenvalue weighted by Gasteiger charge is 2.37. The van der Waals surface area contributed by atoms with Crippen LogP contribution in [-0.4, -0.2) is 32.5 Å². The van der Waals surface area contributed by atoms with E-state index in [-0.39, 0.29) is 11.3 Å². The van der Waals surface area contributed by atoms with Crippen LogP contribution in [0.1, 0.15) is 28.1 Å². The maximum atomic E-state index is 13.3. The fraction of sp³-hybridized carbons (Fsp3) is 0.167. The first-order valence-corrected chi connectivity index (χ1v) is 10.4. The van der Waals surface area contributed by atoms with Crippen LogP contribution in [0, 0.1) is 37.8 Å². The second-order valence-electron chi connectivity index (χ2n) is 8.02. The molecule has 1 aromatic heterocycles. The Bertz CT molecular complexity index is 1420. The lowest BCUT2D eigenvalue weighted by atomic mass is 10.0. The van der Waals surface area contributed by atoms with Crippen molar-refractivity contribution in [1.82, 2.24) is 15.1 Å². The fourth-order valence-corrected chi connectivity index (χ4v) is 3.93. The predicted octanol–water partition coefficient (Wildman–Crippen LogP) is 3.68. The van der Waals surface area contributed by atoms with Crippen LogP contribution in [0.3, 0.4) is 0 Å². The summed E-state index contributed by atoms with van der Waals surface area (Å²) in [6, 6.07) is 10.4. The summed E-state index contributed by atoms with van der Waals surface area (Å²) in [5.41, 5.74) is 3.80. The molecule has 0 unspecified atom stereocenters. The number of barbiturate groups is 1. The number of aryl methyl sites for hydroxylation is 3. The van der Waals surface area contributed by atoms with Crippen molar-refractivity contribution in [3.8, 4) is 5.69 Å². The van der Waals surface area contributed by atoms with Gasteiger partial charge in [-0.15, -0.1) is 0 Å². The third-order valence-electron chi connectivity index (χ3n) is 5.62. The van der Waals surface area contributed by atoms with Crippen LogP contribution in [0.5, 0.6) is 0 Å². The van der Waals surface area contributed by atoms with Crippen molar-refractivity contribution >= 4 is 35.3 Å². The van der Waals surface area contributed by atoms with Gasteiger partial charge in [0.05, 0.1) is 22.0 Å². The number of urea groups is 1. The Hall–Kier alpha value is -4.60. The van der Waals surface area contributed by atoms with Crippen LogP contribution >= 0.6 is 0 Å². The molecule has 1 aliphatic rings. The van der Waals surface area contributed by atoms with Gasteiger partial charge in [-0.25, -0.2) is 14.4 Å². The fourth-order valence-electron chi connectivity index (χ4n) is 3.93. The normalized spacial score (nSPS) is 15.1. The number of amides is 4. The van der Waals surface area contributed by atoms with Gasteiger partial charge in [0.2, 0.25) is 0 Å². The number of rotatable bonds is 4. The molecule has 0 saturated carbocycles. The maximum absolute atomic E-state index is 13.3. The number of hydrogen-bond acceptors (Lipinski definition) is 6. The van der Waals surface area contributed by atoms with Crippen LogP contribution in [0.25, 0.3) is 11.8 Å². The number of nitrogens with one attached hydrogen (secondary N) is 1. The van der Waals surface area contributed by atoms with E-state index in [0.29, 0.717) is 33.9 Å². The molecule has 0 atom stereocenters. The number of carbonyl (C=O) groups excluding carboxylic acids is 3. The van der Waals surface area contributed by atoms with Crippen LogP contribution in [0.4, 0.5) is 16.2 Å². The Morgan fingerprint density at radius 2 is 1.76 bits per heavy atom. The first-order chi connectivity index (χ1) is 16.1. The summed E-state index contributed by atoms with van der Waals surface area (Å²) in [5.74, 6) is -1.56. The summed E-state index contributed by atoms with van der Waals surface area (Å²) >= 11 is 0. The van der Waals surface area contributed by atoms with E-state index in [1.165, 1.54) is 22.9 Å². The van der Waals surface area contributed by atoms with Crippen LogP contribution in [-0.2, 0) is 9.59 Å². The monoisotopic (exact) mass is 459 g/mol. The van der Waals surface area contributed by atoms with Crippen molar-refractivity contribution in [3.63, 3.8) is 0 Å². The number of non-ortho nitro benzene ring substituents is 1. The van der Waals surface area contributed by atoms with Crippen LogP contribution < -0.4 is 10.2 Å². The van der Waals surface area contributed by atoms with Crippen LogP contribution in [0.2, 0.25) is 0 Å². The van der Waals surface area contributed by atoms with Gasteiger partial charge in [-0.05, 0) is 51.5 Å². The predicted molar refractivity (Wildman–Crippen MR) is 125 cm³/mol. The molecule has 1 saturated heterocycles. The first-order valence-electron chi connectivity index (χ1n) is 10.4. The number of nitro groups is 1. The van der Waals surface area contributed by atoms with Crippen LogP contribution in [0.15, 0.2) is 48.0 Å². The van der Waals surface area contributed by atoms with Crippen molar-refractivity contribution in [2.45, 2.75) is 27.7 Å². The van der Waals surface area contributed by atoms with Crippen molar-refractivity contribution < 1.29 is 19.3 Å². The number of nitro benzene ring substituents is 1. The average molecular weight is 459 g/mol. The first kappa shape index (κ1) is 22.6. The molecule has 1 aliphatic heterocycles. The number of imide groups is 2. The molecular formula is C24H21N5O5. The molecule has 0 spiro atoms. The number of benzene rings is 2. The second kappa shape index (κ2) is 8.39. The number of carbonyl (C=O) groups is 3. The van der Waals surface area contributed by atoms with Gasteiger partial charge in [0.15, 0.2) is 0 Å². The number of aromatic nitrogens is 2. The third-order valence-corrected chi connectivity index (χ3v) is 5.62. The zero-order chi connectivity index (χ0) is 24.7. The molecule has 10 heteroatoms. The quantitative estimate of drug-likeness (QED) is 0.274.